The summed E-state index contributed by atoms with van der Waals surface area (Å²) in [6.07, 6.45) is -8.43. The van der Waals surface area contributed by atoms with E-state index < -0.39 is 23.9 Å². The number of aromatic nitrogens is 2. The van der Waals surface area contributed by atoms with E-state index in [1.165, 1.54) is 0 Å². The van der Waals surface area contributed by atoms with Crippen LogP contribution in [0, 0.1) is 0 Å². The molecule has 1 aliphatic heterocycles. The fourth-order valence-corrected chi connectivity index (χ4v) is 3.46. The summed E-state index contributed by atoms with van der Waals surface area (Å²) < 4.78 is 67.0. The number of aryl methyl sites for hydroxylation is 2. The van der Waals surface area contributed by atoms with Gasteiger partial charge in [-0.3, -0.25) is 14.4 Å². The summed E-state index contributed by atoms with van der Waals surface area (Å²) in [5.41, 5.74) is 10.1. The Hall–Kier alpha value is -4.24. The summed E-state index contributed by atoms with van der Waals surface area (Å²) in [6, 6.07) is 13.8. The molecule has 2 heterocycles. The summed E-state index contributed by atoms with van der Waals surface area (Å²) in [5, 5.41) is 9.72. The van der Waals surface area contributed by atoms with Gasteiger partial charge in [-0.15, -0.1) is 0 Å². The number of carbonyl (C=O) groups excluding carboxylic acids is 3. The molecule has 3 aromatic rings. The fourth-order valence-electron chi connectivity index (χ4n) is 3.32. The molecule has 40 heavy (non-hydrogen) atoms. The van der Waals surface area contributed by atoms with Gasteiger partial charge in [0, 0.05) is 17.1 Å². The molecule has 1 amide bonds. The van der Waals surface area contributed by atoms with Crippen LogP contribution >= 0.6 is 11.6 Å². The summed E-state index contributed by atoms with van der Waals surface area (Å²) in [5.74, 6) is -6.09. The predicted molar refractivity (Wildman–Crippen MR) is 134 cm³/mol. The summed E-state index contributed by atoms with van der Waals surface area (Å²) in [7, 11) is 0. The molecule has 5 N–H and O–H groups in total. The molecule has 16 heteroatoms. The number of ketones is 2. The van der Waals surface area contributed by atoms with Crippen LogP contribution in [-0.4, -0.2) is 46.3 Å². The molecule has 6 bridgehead atoms. The number of anilines is 5. The standard InChI is InChI=1S/C20H19ClN6O.C4F6O2/c21-16-11-23-20-25-14-3-1-2-12(8-14)4-5-13-9-15(24-19(16)27-20)6-7-17(13)26-18(28)10-22;5-3(6,7)1(11)2(12)4(8,9)10/h1-3,6-9,11H,4-5,10,22H2,(H,26,28)(H2,23,24,25,27);. The number of fused-ring (bicyclic) bond motifs is 6. The van der Waals surface area contributed by atoms with Gasteiger partial charge in [-0.25, -0.2) is 4.98 Å². The smallest absolute Gasteiger partial charge is 0.339 e. The van der Waals surface area contributed by atoms with E-state index in [-0.39, 0.29) is 12.5 Å². The van der Waals surface area contributed by atoms with Gasteiger partial charge < -0.3 is 21.7 Å². The van der Waals surface area contributed by atoms with Gasteiger partial charge in [-0.1, -0.05) is 23.7 Å². The Bertz CT molecular complexity index is 1410. The number of nitrogens with two attached hydrogens (primary N) is 1. The minimum absolute atomic E-state index is 0.0630. The number of amides is 1. The maximum absolute atomic E-state index is 11.8. The highest BCUT2D eigenvalue weighted by Crippen LogP contribution is 2.29. The number of Topliss-reactive ketones (excluding diaryl/α,β-unsaturated/α-hetero) is 2. The molecule has 0 unspecified atom stereocenters. The highest BCUT2D eigenvalue weighted by atomic mass is 35.5. The third-order valence-corrected chi connectivity index (χ3v) is 5.44. The van der Waals surface area contributed by atoms with Crippen molar-refractivity contribution >= 4 is 57.9 Å². The Morgan fingerprint density at radius 2 is 1.57 bits per heavy atom. The van der Waals surface area contributed by atoms with Crippen LogP contribution < -0.4 is 21.7 Å². The Morgan fingerprint density at radius 1 is 0.925 bits per heavy atom. The van der Waals surface area contributed by atoms with Gasteiger partial charge in [0.2, 0.25) is 11.9 Å². The van der Waals surface area contributed by atoms with Crippen molar-refractivity contribution in [2.75, 3.05) is 22.5 Å². The lowest BCUT2D eigenvalue weighted by Crippen LogP contribution is -2.39. The number of nitrogens with zero attached hydrogens (tertiary/aromatic N) is 2. The Kier molecular flexibility index (Phi) is 9.32. The second kappa shape index (κ2) is 12.3. The maximum atomic E-state index is 11.8. The Balaban J connectivity index is 0.000000312. The van der Waals surface area contributed by atoms with Gasteiger partial charge in [0.1, 0.15) is 5.02 Å². The highest BCUT2D eigenvalue weighted by Gasteiger charge is 2.54. The van der Waals surface area contributed by atoms with Crippen molar-refractivity contribution in [1.82, 2.24) is 9.97 Å². The molecule has 4 rings (SSSR count). The van der Waals surface area contributed by atoms with E-state index in [9.17, 15) is 40.7 Å². The fraction of sp³-hybridized carbons (Fsp3) is 0.208. The maximum Gasteiger partial charge on any atom is 0.458 e. The Labute approximate surface area is 227 Å². The lowest BCUT2D eigenvalue weighted by Gasteiger charge is -2.14. The van der Waals surface area contributed by atoms with Crippen molar-refractivity contribution in [2.45, 2.75) is 25.2 Å². The normalized spacial score (nSPS) is 12.6. The van der Waals surface area contributed by atoms with E-state index in [1.807, 2.05) is 30.3 Å². The number of halogens is 7. The van der Waals surface area contributed by atoms with E-state index in [0.29, 0.717) is 16.8 Å². The van der Waals surface area contributed by atoms with E-state index in [4.69, 9.17) is 17.3 Å². The number of nitrogens with one attached hydrogen (secondary N) is 3. The average molecular weight is 589 g/mol. The first-order chi connectivity index (χ1) is 18.7. The number of hydrogen-bond donors (Lipinski definition) is 4. The molecule has 1 aliphatic rings. The molecule has 0 saturated heterocycles. The molecular formula is C24H19ClF6N6O3. The number of rotatable bonds is 3. The van der Waals surface area contributed by atoms with Crippen molar-refractivity contribution < 1.29 is 40.7 Å². The lowest BCUT2D eigenvalue weighted by molar-refractivity contribution is -0.193. The second-order valence-electron chi connectivity index (χ2n) is 8.12. The SMILES string of the molecule is NCC(=O)Nc1ccc2cc1CCc1cccc(c1)Nc1ncc(Cl)c(n1)N2.O=C(C(=O)C(F)(F)F)C(F)(F)F. The largest absolute Gasteiger partial charge is 0.458 e. The minimum atomic E-state index is -5.77. The zero-order valence-electron chi connectivity index (χ0n) is 20.1. The van der Waals surface area contributed by atoms with Crippen LogP contribution in [0.1, 0.15) is 11.1 Å². The molecule has 0 fully saturated rings. The molecule has 9 nitrogen and oxygen atoms in total. The zero-order chi connectivity index (χ0) is 29.7. The van der Waals surface area contributed by atoms with Gasteiger partial charge >= 0.3 is 23.9 Å². The topological polar surface area (TPSA) is 139 Å². The minimum Gasteiger partial charge on any atom is -0.339 e. The molecule has 0 saturated carbocycles. The summed E-state index contributed by atoms with van der Waals surface area (Å²) in [4.78, 5) is 39.7. The van der Waals surface area contributed by atoms with Crippen molar-refractivity contribution in [1.29, 1.82) is 0 Å². The number of hydrogen-bond acceptors (Lipinski definition) is 8. The van der Waals surface area contributed by atoms with E-state index in [1.54, 1.807) is 6.20 Å². The number of alkyl halides is 6. The molecule has 0 aliphatic carbocycles. The highest BCUT2D eigenvalue weighted by molar-refractivity contribution is 6.41. The zero-order valence-corrected chi connectivity index (χ0v) is 20.8. The lowest BCUT2D eigenvalue weighted by atomic mass is 10.0. The quantitative estimate of drug-likeness (QED) is 0.251. The average Bonchev–Trinajstić information content (AvgIpc) is 2.89. The first kappa shape index (κ1) is 30.3. The van der Waals surface area contributed by atoms with Crippen LogP contribution in [0.4, 0.5) is 55.2 Å². The van der Waals surface area contributed by atoms with E-state index in [0.717, 1.165) is 41.0 Å². The van der Waals surface area contributed by atoms with Gasteiger partial charge in [0.15, 0.2) is 5.82 Å². The number of carbonyl (C=O) groups is 3. The molecule has 0 radical (unpaired) electrons. The Morgan fingerprint density at radius 3 is 2.20 bits per heavy atom. The van der Waals surface area contributed by atoms with E-state index >= 15 is 0 Å². The molecule has 212 valence electrons. The molecular weight excluding hydrogens is 570 g/mol. The van der Waals surface area contributed by atoms with Crippen molar-refractivity contribution in [3.8, 4) is 0 Å². The molecule has 1 aromatic heterocycles. The van der Waals surface area contributed by atoms with Gasteiger partial charge in [0.25, 0.3) is 0 Å². The summed E-state index contributed by atoms with van der Waals surface area (Å²) >= 11 is 6.27. The molecule has 0 spiro atoms. The van der Waals surface area contributed by atoms with Crippen molar-refractivity contribution in [2.24, 2.45) is 5.73 Å². The van der Waals surface area contributed by atoms with Crippen LogP contribution in [0.5, 0.6) is 0 Å². The second-order valence-corrected chi connectivity index (χ2v) is 8.53. The van der Waals surface area contributed by atoms with Crippen molar-refractivity contribution in [3.05, 3.63) is 64.8 Å². The monoisotopic (exact) mass is 588 g/mol. The summed E-state index contributed by atoms with van der Waals surface area (Å²) in [6.45, 7) is -0.0630. The van der Waals surface area contributed by atoms with Gasteiger partial charge in [-0.05, 0) is 54.3 Å². The third-order valence-electron chi connectivity index (χ3n) is 5.16. The van der Waals surface area contributed by atoms with Gasteiger partial charge in [-0.2, -0.15) is 31.3 Å². The van der Waals surface area contributed by atoms with Crippen LogP contribution in [0.15, 0.2) is 48.7 Å². The van der Waals surface area contributed by atoms with Gasteiger partial charge in [0.05, 0.1) is 12.7 Å². The van der Waals surface area contributed by atoms with Crippen LogP contribution in [0.3, 0.4) is 0 Å². The molecule has 2 aromatic carbocycles. The van der Waals surface area contributed by atoms with E-state index in [2.05, 4.69) is 38.1 Å². The van der Waals surface area contributed by atoms with Crippen LogP contribution in [0.2, 0.25) is 5.02 Å². The third kappa shape index (κ3) is 8.13. The first-order valence-electron chi connectivity index (χ1n) is 11.2. The number of benzene rings is 2. The van der Waals surface area contributed by atoms with Crippen LogP contribution in [0.25, 0.3) is 0 Å². The van der Waals surface area contributed by atoms with Crippen molar-refractivity contribution in [3.63, 3.8) is 0 Å². The van der Waals surface area contributed by atoms with Crippen LogP contribution in [-0.2, 0) is 27.2 Å². The predicted octanol–water partition coefficient (Wildman–Crippen LogP) is 4.86. The molecule has 0 atom stereocenters. The first-order valence-corrected chi connectivity index (χ1v) is 11.6.